The molecule has 0 heterocycles. The molecule has 0 nitrogen and oxygen atoms in total. The first-order valence-electron chi connectivity index (χ1n) is 8.64. The first-order valence-corrected chi connectivity index (χ1v) is 8.64. The molecule has 0 bridgehead atoms. The van der Waals surface area contributed by atoms with Gasteiger partial charge >= 0.3 is 0 Å². The van der Waals surface area contributed by atoms with E-state index in [1.165, 1.54) is 55.6 Å². The highest BCUT2D eigenvalue weighted by Crippen LogP contribution is 2.37. The summed E-state index contributed by atoms with van der Waals surface area (Å²) < 4.78 is 0. The number of aryl methyl sites for hydroxylation is 6. The Morgan fingerprint density at radius 3 is 1.08 bits per heavy atom. The molecule has 0 atom stereocenters. The van der Waals surface area contributed by atoms with Crippen molar-refractivity contribution in [2.45, 2.75) is 41.5 Å². The zero-order chi connectivity index (χ0) is 17.4. The van der Waals surface area contributed by atoms with Crippen molar-refractivity contribution in [1.82, 2.24) is 0 Å². The summed E-state index contributed by atoms with van der Waals surface area (Å²) in [6.45, 7) is 13.2. The van der Waals surface area contributed by atoms with Crippen LogP contribution in [0.5, 0.6) is 0 Å². The first kappa shape index (κ1) is 16.5. The van der Waals surface area contributed by atoms with Gasteiger partial charge in [-0.25, -0.2) is 0 Å². The molecule has 0 saturated heterocycles. The minimum absolute atomic E-state index is 1.32. The van der Waals surface area contributed by atoms with Crippen molar-refractivity contribution in [3.05, 3.63) is 81.9 Å². The van der Waals surface area contributed by atoms with Crippen LogP contribution in [0.4, 0.5) is 0 Å². The number of benzene rings is 3. The van der Waals surface area contributed by atoms with Gasteiger partial charge in [-0.3, -0.25) is 0 Å². The van der Waals surface area contributed by atoms with E-state index in [9.17, 15) is 0 Å². The van der Waals surface area contributed by atoms with E-state index in [0.29, 0.717) is 0 Å². The van der Waals surface area contributed by atoms with Crippen molar-refractivity contribution in [2.24, 2.45) is 0 Å². The van der Waals surface area contributed by atoms with E-state index in [1.807, 2.05) is 0 Å². The lowest BCUT2D eigenvalue weighted by atomic mass is 9.87. The third kappa shape index (κ3) is 2.89. The second-order valence-corrected chi connectivity index (χ2v) is 7.05. The zero-order valence-corrected chi connectivity index (χ0v) is 15.6. The summed E-state index contributed by atoms with van der Waals surface area (Å²) in [6.07, 6.45) is 0. The summed E-state index contributed by atoms with van der Waals surface area (Å²) in [5.74, 6) is 0. The molecule has 0 aliphatic heterocycles. The summed E-state index contributed by atoms with van der Waals surface area (Å²) in [5.41, 5.74) is 13.4. The van der Waals surface area contributed by atoms with Gasteiger partial charge in [0.1, 0.15) is 0 Å². The quantitative estimate of drug-likeness (QED) is 0.484. The van der Waals surface area contributed by atoms with Crippen LogP contribution in [-0.4, -0.2) is 0 Å². The van der Waals surface area contributed by atoms with Gasteiger partial charge < -0.3 is 0 Å². The lowest BCUT2D eigenvalue weighted by molar-refractivity contribution is 1.29. The Hall–Kier alpha value is -2.34. The average Bonchev–Trinajstić information content (AvgIpc) is 2.54. The molecule has 0 N–H and O–H groups in total. The van der Waals surface area contributed by atoms with E-state index >= 15 is 0 Å². The molecule has 0 amide bonds. The highest BCUT2D eigenvalue weighted by molar-refractivity contribution is 5.86. The number of rotatable bonds is 2. The Morgan fingerprint density at radius 2 is 0.708 bits per heavy atom. The second kappa shape index (κ2) is 6.28. The van der Waals surface area contributed by atoms with E-state index in [2.05, 4.69) is 90.1 Å². The standard InChI is InChI=1S/C24H26/c1-15-11-19(5)23(13-17(15)3)21-9-7-8-10-22(21)24-14-18(4)16(2)12-20(24)6/h7-14H,1-6H3. The average molecular weight is 314 g/mol. The Labute approximate surface area is 146 Å². The molecule has 0 fully saturated rings. The van der Waals surface area contributed by atoms with Crippen molar-refractivity contribution < 1.29 is 0 Å². The van der Waals surface area contributed by atoms with Crippen LogP contribution in [0, 0.1) is 41.5 Å². The van der Waals surface area contributed by atoms with Gasteiger partial charge in [0, 0.05) is 0 Å². The van der Waals surface area contributed by atoms with Crippen LogP contribution in [0.15, 0.2) is 48.5 Å². The molecular weight excluding hydrogens is 288 g/mol. The molecule has 122 valence electrons. The Morgan fingerprint density at radius 1 is 0.375 bits per heavy atom. The zero-order valence-electron chi connectivity index (χ0n) is 15.6. The van der Waals surface area contributed by atoms with Crippen molar-refractivity contribution in [3.63, 3.8) is 0 Å². The van der Waals surface area contributed by atoms with Gasteiger partial charge in [0.15, 0.2) is 0 Å². The lowest BCUT2D eigenvalue weighted by Gasteiger charge is -2.17. The number of hydrogen-bond acceptors (Lipinski definition) is 0. The van der Waals surface area contributed by atoms with Crippen LogP contribution in [0.3, 0.4) is 0 Å². The fourth-order valence-electron chi connectivity index (χ4n) is 3.45. The summed E-state index contributed by atoms with van der Waals surface area (Å²) in [4.78, 5) is 0. The predicted molar refractivity (Wildman–Crippen MR) is 106 cm³/mol. The van der Waals surface area contributed by atoms with Crippen LogP contribution in [0.1, 0.15) is 33.4 Å². The van der Waals surface area contributed by atoms with Gasteiger partial charge in [-0.05, 0) is 97.2 Å². The SMILES string of the molecule is Cc1cc(C)c(-c2ccccc2-c2cc(C)c(C)cc2C)cc1C. The summed E-state index contributed by atoms with van der Waals surface area (Å²) in [6, 6.07) is 18.1. The molecule has 3 aromatic rings. The topological polar surface area (TPSA) is 0 Å². The van der Waals surface area contributed by atoms with Crippen LogP contribution < -0.4 is 0 Å². The molecule has 0 aliphatic carbocycles. The summed E-state index contributed by atoms with van der Waals surface area (Å²) >= 11 is 0. The van der Waals surface area contributed by atoms with E-state index in [4.69, 9.17) is 0 Å². The van der Waals surface area contributed by atoms with Gasteiger partial charge in [0.25, 0.3) is 0 Å². The molecule has 3 rings (SSSR count). The molecule has 0 unspecified atom stereocenters. The molecular formula is C24H26. The smallest absolute Gasteiger partial charge is 0.0103 e. The van der Waals surface area contributed by atoms with E-state index in [1.54, 1.807) is 0 Å². The molecule has 0 spiro atoms. The molecule has 0 aromatic heterocycles. The van der Waals surface area contributed by atoms with Crippen molar-refractivity contribution in [3.8, 4) is 22.3 Å². The van der Waals surface area contributed by atoms with Crippen molar-refractivity contribution >= 4 is 0 Å². The van der Waals surface area contributed by atoms with Gasteiger partial charge in [0.2, 0.25) is 0 Å². The number of hydrogen-bond donors (Lipinski definition) is 0. The minimum Gasteiger partial charge on any atom is -0.0616 e. The van der Waals surface area contributed by atoms with Gasteiger partial charge in [-0.15, -0.1) is 0 Å². The Bertz CT molecular complexity index is 837. The van der Waals surface area contributed by atoms with Crippen LogP contribution in [0.25, 0.3) is 22.3 Å². The fraction of sp³-hybridized carbons (Fsp3) is 0.250. The molecule has 0 radical (unpaired) electrons. The summed E-state index contributed by atoms with van der Waals surface area (Å²) in [7, 11) is 0. The predicted octanol–water partition coefficient (Wildman–Crippen LogP) is 6.87. The molecule has 24 heavy (non-hydrogen) atoms. The Kier molecular flexibility index (Phi) is 4.32. The lowest BCUT2D eigenvalue weighted by Crippen LogP contribution is -1.94. The minimum atomic E-state index is 1.32. The summed E-state index contributed by atoms with van der Waals surface area (Å²) in [5, 5.41) is 0. The van der Waals surface area contributed by atoms with E-state index < -0.39 is 0 Å². The largest absolute Gasteiger partial charge is 0.0616 e. The highest BCUT2D eigenvalue weighted by atomic mass is 14.2. The molecule has 3 aromatic carbocycles. The van der Waals surface area contributed by atoms with Gasteiger partial charge in [-0.1, -0.05) is 48.5 Å². The maximum atomic E-state index is 2.33. The van der Waals surface area contributed by atoms with Crippen LogP contribution in [0.2, 0.25) is 0 Å². The van der Waals surface area contributed by atoms with E-state index in [0.717, 1.165) is 0 Å². The second-order valence-electron chi connectivity index (χ2n) is 7.05. The van der Waals surface area contributed by atoms with Crippen LogP contribution >= 0.6 is 0 Å². The molecule has 0 heteroatoms. The normalized spacial score (nSPS) is 10.9. The van der Waals surface area contributed by atoms with E-state index in [-0.39, 0.29) is 0 Å². The molecule has 0 aliphatic rings. The fourth-order valence-corrected chi connectivity index (χ4v) is 3.45. The van der Waals surface area contributed by atoms with Gasteiger partial charge in [0.05, 0.1) is 0 Å². The van der Waals surface area contributed by atoms with Gasteiger partial charge in [-0.2, -0.15) is 0 Å². The molecule has 0 saturated carbocycles. The van der Waals surface area contributed by atoms with Crippen molar-refractivity contribution in [1.29, 1.82) is 0 Å². The monoisotopic (exact) mass is 314 g/mol. The maximum absolute atomic E-state index is 2.33. The van der Waals surface area contributed by atoms with Crippen molar-refractivity contribution in [2.75, 3.05) is 0 Å². The maximum Gasteiger partial charge on any atom is -0.0103 e. The Balaban J connectivity index is 2.28. The third-order valence-electron chi connectivity index (χ3n) is 5.19. The third-order valence-corrected chi connectivity index (χ3v) is 5.19. The highest BCUT2D eigenvalue weighted by Gasteiger charge is 2.13. The van der Waals surface area contributed by atoms with Crippen LogP contribution in [-0.2, 0) is 0 Å². The first-order chi connectivity index (χ1) is 11.4.